The third-order valence-corrected chi connectivity index (χ3v) is 1.93. The number of nitrogens with one attached hydrogen (secondary N) is 1. The van der Waals surface area contributed by atoms with Gasteiger partial charge in [-0.15, -0.1) is 0 Å². The molecule has 1 aromatic heterocycles. The Morgan fingerprint density at radius 3 is 2.93 bits per heavy atom. The summed E-state index contributed by atoms with van der Waals surface area (Å²) in [6.45, 7) is 2.25. The first-order valence-electron chi connectivity index (χ1n) is 4.22. The molecule has 0 unspecified atom stereocenters. The second-order valence-corrected chi connectivity index (χ2v) is 3.43. The van der Waals surface area contributed by atoms with Gasteiger partial charge in [-0.2, -0.15) is 0 Å². The molecule has 3 N–H and O–H groups in total. The van der Waals surface area contributed by atoms with Gasteiger partial charge in [-0.25, -0.2) is 0 Å². The SMILES string of the molecule is Cc1ccoc1C(=O)NCCC(N)=S. The van der Waals surface area contributed by atoms with Crippen LogP contribution in [0.25, 0.3) is 0 Å². The van der Waals surface area contributed by atoms with Gasteiger partial charge in [-0.3, -0.25) is 4.79 Å². The molecule has 0 bridgehead atoms. The van der Waals surface area contributed by atoms with E-state index >= 15 is 0 Å². The van der Waals surface area contributed by atoms with Gasteiger partial charge < -0.3 is 15.5 Å². The highest BCUT2D eigenvalue weighted by atomic mass is 32.1. The molecule has 0 aliphatic heterocycles. The number of furan rings is 1. The average Bonchev–Trinajstić information content (AvgIpc) is 2.50. The van der Waals surface area contributed by atoms with E-state index in [1.807, 2.05) is 6.92 Å². The van der Waals surface area contributed by atoms with Crippen molar-refractivity contribution in [3.8, 4) is 0 Å². The van der Waals surface area contributed by atoms with Crippen LogP contribution in [-0.4, -0.2) is 17.4 Å². The summed E-state index contributed by atoms with van der Waals surface area (Å²) in [5, 5.41) is 2.66. The normalized spacial score (nSPS) is 9.79. The predicted octanol–water partition coefficient (Wildman–Crippen LogP) is 0.994. The lowest BCUT2D eigenvalue weighted by atomic mass is 10.2. The van der Waals surface area contributed by atoms with Crippen molar-refractivity contribution in [1.29, 1.82) is 0 Å². The number of amides is 1. The van der Waals surface area contributed by atoms with Crippen LogP contribution >= 0.6 is 12.2 Å². The molecular formula is C9H12N2O2S. The quantitative estimate of drug-likeness (QED) is 0.730. The zero-order valence-electron chi connectivity index (χ0n) is 7.87. The number of thiocarbonyl (C=S) groups is 1. The fourth-order valence-electron chi connectivity index (χ4n) is 0.985. The van der Waals surface area contributed by atoms with Crippen LogP contribution in [0.15, 0.2) is 16.7 Å². The Morgan fingerprint density at radius 1 is 1.71 bits per heavy atom. The summed E-state index contributed by atoms with van der Waals surface area (Å²) in [4.78, 5) is 11.8. The Kier molecular flexibility index (Phi) is 3.64. The van der Waals surface area contributed by atoms with Crippen molar-refractivity contribution in [2.24, 2.45) is 5.73 Å². The van der Waals surface area contributed by atoms with E-state index in [0.29, 0.717) is 23.7 Å². The molecule has 1 rings (SSSR count). The van der Waals surface area contributed by atoms with Crippen LogP contribution in [-0.2, 0) is 0 Å². The molecule has 0 saturated carbocycles. The largest absolute Gasteiger partial charge is 0.459 e. The summed E-state index contributed by atoms with van der Waals surface area (Å²) in [6, 6.07) is 1.74. The van der Waals surface area contributed by atoms with Crippen LogP contribution in [0.2, 0.25) is 0 Å². The molecule has 0 aliphatic rings. The minimum absolute atomic E-state index is 0.233. The number of rotatable bonds is 4. The molecule has 1 heterocycles. The van der Waals surface area contributed by atoms with Gasteiger partial charge in [0.15, 0.2) is 5.76 Å². The predicted molar refractivity (Wildman–Crippen MR) is 57.2 cm³/mol. The maximum absolute atomic E-state index is 11.4. The molecule has 0 aliphatic carbocycles. The van der Waals surface area contributed by atoms with Gasteiger partial charge >= 0.3 is 0 Å². The highest BCUT2D eigenvalue weighted by molar-refractivity contribution is 7.80. The smallest absolute Gasteiger partial charge is 0.287 e. The van der Waals surface area contributed by atoms with E-state index in [2.05, 4.69) is 17.5 Å². The zero-order chi connectivity index (χ0) is 10.6. The molecule has 1 aromatic rings. The van der Waals surface area contributed by atoms with Gasteiger partial charge in [0.05, 0.1) is 11.3 Å². The van der Waals surface area contributed by atoms with E-state index in [-0.39, 0.29) is 5.91 Å². The fraction of sp³-hybridized carbons (Fsp3) is 0.333. The van der Waals surface area contributed by atoms with Gasteiger partial charge in [-0.05, 0) is 13.0 Å². The monoisotopic (exact) mass is 212 g/mol. The molecule has 5 heteroatoms. The van der Waals surface area contributed by atoms with Crippen molar-refractivity contribution in [2.45, 2.75) is 13.3 Å². The molecule has 0 aromatic carbocycles. The zero-order valence-corrected chi connectivity index (χ0v) is 8.69. The molecule has 14 heavy (non-hydrogen) atoms. The Balaban J connectivity index is 2.44. The summed E-state index contributed by atoms with van der Waals surface area (Å²) in [5.41, 5.74) is 6.10. The van der Waals surface area contributed by atoms with Crippen molar-refractivity contribution < 1.29 is 9.21 Å². The Bertz CT molecular complexity index is 346. The maximum Gasteiger partial charge on any atom is 0.287 e. The molecule has 1 amide bonds. The minimum atomic E-state index is -0.233. The van der Waals surface area contributed by atoms with Crippen LogP contribution in [0.1, 0.15) is 22.5 Å². The first-order valence-corrected chi connectivity index (χ1v) is 4.62. The molecule has 0 atom stereocenters. The van der Waals surface area contributed by atoms with Crippen LogP contribution < -0.4 is 11.1 Å². The fourth-order valence-corrected chi connectivity index (χ4v) is 1.09. The van der Waals surface area contributed by atoms with Gasteiger partial charge in [-0.1, -0.05) is 12.2 Å². The summed E-state index contributed by atoms with van der Waals surface area (Å²) in [5.74, 6) is 0.108. The number of nitrogens with two attached hydrogens (primary N) is 1. The summed E-state index contributed by atoms with van der Waals surface area (Å²) < 4.78 is 5.01. The third kappa shape index (κ3) is 2.85. The Morgan fingerprint density at radius 2 is 2.43 bits per heavy atom. The highest BCUT2D eigenvalue weighted by Gasteiger charge is 2.11. The second kappa shape index (κ2) is 4.76. The molecule has 4 nitrogen and oxygen atoms in total. The van der Waals surface area contributed by atoms with Crippen molar-refractivity contribution in [3.05, 3.63) is 23.7 Å². The van der Waals surface area contributed by atoms with Crippen molar-refractivity contribution in [3.63, 3.8) is 0 Å². The third-order valence-electron chi connectivity index (χ3n) is 1.73. The Labute approximate surface area is 87.5 Å². The number of hydrogen-bond acceptors (Lipinski definition) is 3. The van der Waals surface area contributed by atoms with E-state index in [9.17, 15) is 4.79 Å². The van der Waals surface area contributed by atoms with Gasteiger partial charge in [0, 0.05) is 18.5 Å². The summed E-state index contributed by atoms with van der Waals surface area (Å²) in [7, 11) is 0. The number of carbonyl (C=O) groups is 1. The first-order chi connectivity index (χ1) is 6.61. The van der Waals surface area contributed by atoms with Crippen molar-refractivity contribution in [1.82, 2.24) is 5.32 Å². The Hall–Kier alpha value is -1.36. The van der Waals surface area contributed by atoms with E-state index in [1.54, 1.807) is 6.07 Å². The second-order valence-electron chi connectivity index (χ2n) is 2.90. The summed E-state index contributed by atoms with van der Waals surface area (Å²) in [6.07, 6.45) is 1.98. The van der Waals surface area contributed by atoms with Crippen molar-refractivity contribution in [2.75, 3.05) is 6.54 Å². The highest BCUT2D eigenvalue weighted by Crippen LogP contribution is 2.07. The molecule has 0 saturated heterocycles. The maximum atomic E-state index is 11.4. The van der Waals surface area contributed by atoms with Gasteiger partial charge in [0.2, 0.25) is 0 Å². The van der Waals surface area contributed by atoms with Gasteiger partial charge in [0.25, 0.3) is 5.91 Å². The van der Waals surface area contributed by atoms with Gasteiger partial charge in [0.1, 0.15) is 0 Å². The van der Waals surface area contributed by atoms with E-state index in [4.69, 9.17) is 10.2 Å². The molecule has 76 valence electrons. The average molecular weight is 212 g/mol. The van der Waals surface area contributed by atoms with Crippen LogP contribution in [0.3, 0.4) is 0 Å². The van der Waals surface area contributed by atoms with Crippen LogP contribution in [0.4, 0.5) is 0 Å². The van der Waals surface area contributed by atoms with Crippen molar-refractivity contribution >= 4 is 23.1 Å². The number of carbonyl (C=O) groups excluding carboxylic acids is 1. The standard InChI is InChI=1S/C9H12N2O2S/c1-6-3-5-13-8(6)9(12)11-4-2-7(10)14/h3,5H,2,4H2,1H3,(H2,10,14)(H,11,12). The molecule has 0 radical (unpaired) electrons. The topological polar surface area (TPSA) is 68.3 Å². The molecule has 0 spiro atoms. The first kappa shape index (κ1) is 10.7. The lowest BCUT2D eigenvalue weighted by Crippen LogP contribution is -2.27. The van der Waals surface area contributed by atoms with E-state index < -0.39 is 0 Å². The number of aryl methyl sites for hydroxylation is 1. The lowest BCUT2D eigenvalue weighted by Gasteiger charge is -2.02. The number of hydrogen-bond donors (Lipinski definition) is 2. The minimum Gasteiger partial charge on any atom is -0.459 e. The van der Waals surface area contributed by atoms with Crippen LogP contribution in [0.5, 0.6) is 0 Å². The lowest BCUT2D eigenvalue weighted by molar-refractivity contribution is 0.0926. The van der Waals surface area contributed by atoms with E-state index in [1.165, 1.54) is 6.26 Å². The summed E-state index contributed by atoms with van der Waals surface area (Å²) >= 11 is 4.68. The molecular weight excluding hydrogens is 200 g/mol. The van der Waals surface area contributed by atoms with Crippen LogP contribution in [0, 0.1) is 6.92 Å². The van der Waals surface area contributed by atoms with E-state index in [0.717, 1.165) is 5.56 Å². The molecule has 0 fully saturated rings.